The molecule has 0 aliphatic heterocycles. The van der Waals surface area contributed by atoms with Crippen LogP contribution in [0.5, 0.6) is 0 Å². The topological polar surface area (TPSA) is 69.6 Å². The minimum absolute atomic E-state index is 0.163. The molecular formula is C18H20FNO3. The van der Waals surface area contributed by atoms with E-state index in [0.717, 1.165) is 16.8 Å². The molecule has 0 fully saturated rings. The Balaban J connectivity index is 1.82. The van der Waals surface area contributed by atoms with Gasteiger partial charge in [-0.1, -0.05) is 24.3 Å². The highest BCUT2D eigenvalue weighted by Crippen LogP contribution is 2.14. The normalized spacial score (nSPS) is 11.9. The minimum atomic E-state index is -0.785. The first-order valence-electron chi connectivity index (χ1n) is 7.53. The fourth-order valence-electron chi connectivity index (χ4n) is 2.30. The lowest BCUT2D eigenvalue weighted by Gasteiger charge is -2.14. The van der Waals surface area contributed by atoms with Gasteiger partial charge in [0.15, 0.2) is 0 Å². The molecule has 4 nitrogen and oxygen atoms in total. The number of hydrogen-bond acceptors (Lipinski definition) is 3. The van der Waals surface area contributed by atoms with E-state index in [1.165, 1.54) is 12.1 Å². The molecule has 1 unspecified atom stereocenters. The summed E-state index contributed by atoms with van der Waals surface area (Å²) < 4.78 is 12.8. The summed E-state index contributed by atoms with van der Waals surface area (Å²) in [4.78, 5) is 10.5. The number of aliphatic hydroxyl groups is 1. The predicted molar refractivity (Wildman–Crippen MR) is 86.7 cm³/mol. The van der Waals surface area contributed by atoms with Crippen LogP contribution in [0.3, 0.4) is 0 Å². The van der Waals surface area contributed by atoms with Crippen LogP contribution in [-0.4, -0.2) is 22.4 Å². The minimum Gasteiger partial charge on any atom is -0.481 e. The Kier molecular flexibility index (Phi) is 6.11. The van der Waals surface area contributed by atoms with Crippen LogP contribution in [0.4, 0.5) is 10.1 Å². The molecule has 122 valence electrons. The van der Waals surface area contributed by atoms with E-state index in [0.29, 0.717) is 19.3 Å². The van der Waals surface area contributed by atoms with E-state index in [1.807, 2.05) is 24.3 Å². The number of anilines is 1. The summed E-state index contributed by atoms with van der Waals surface area (Å²) in [6, 6.07) is 13.6. The lowest BCUT2D eigenvalue weighted by molar-refractivity contribution is -0.137. The summed E-state index contributed by atoms with van der Waals surface area (Å²) in [6.45, 7) is 0. The summed E-state index contributed by atoms with van der Waals surface area (Å²) >= 11 is 0. The Morgan fingerprint density at radius 1 is 1.04 bits per heavy atom. The van der Waals surface area contributed by atoms with Gasteiger partial charge >= 0.3 is 5.97 Å². The average molecular weight is 317 g/mol. The standard InChI is InChI=1S/C18H20FNO3/c19-15-8-4-14(5-9-15)12-17(21)20-16-10-6-13(7-11-16)2-1-3-18(22)23/h4-11,17,20-21H,1-3,12H2,(H,22,23). The number of aryl methyl sites for hydroxylation is 1. The molecule has 0 aliphatic carbocycles. The molecule has 3 N–H and O–H groups in total. The molecule has 0 spiro atoms. The first-order valence-corrected chi connectivity index (χ1v) is 7.53. The summed E-state index contributed by atoms with van der Waals surface area (Å²) in [5.74, 6) is -1.08. The van der Waals surface area contributed by atoms with Gasteiger partial charge in [0.1, 0.15) is 12.0 Å². The lowest BCUT2D eigenvalue weighted by Crippen LogP contribution is -2.21. The third-order valence-electron chi connectivity index (χ3n) is 3.49. The molecule has 5 heteroatoms. The van der Waals surface area contributed by atoms with E-state index in [1.54, 1.807) is 12.1 Å². The molecule has 0 aliphatic rings. The van der Waals surface area contributed by atoms with Crippen LogP contribution < -0.4 is 5.32 Å². The van der Waals surface area contributed by atoms with Crippen LogP contribution in [0.15, 0.2) is 48.5 Å². The largest absolute Gasteiger partial charge is 0.481 e. The highest BCUT2D eigenvalue weighted by molar-refractivity contribution is 5.66. The number of hydrogen-bond donors (Lipinski definition) is 3. The van der Waals surface area contributed by atoms with Gasteiger partial charge < -0.3 is 15.5 Å². The number of aliphatic carboxylic acids is 1. The quantitative estimate of drug-likeness (QED) is 0.654. The zero-order valence-corrected chi connectivity index (χ0v) is 12.7. The molecule has 0 heterocycles. The van der Waals surface area contributed by atoms with Crippen LogP contribution in [0.1, 0.15) is 24.0 Å². The zero-order chi connectivity index (χ0) is 16.7. The molecule has 23 heavy (non-hydrogen) atoms. The van der Waals surface area contributed by atoms with Crippen molar-refractivity contribution in [3.8, 4) is 0 Å². The van der Waals surface area contributed by atoms with Crippen molar-refractivity contribution in [1.29, 1.82) is 0 Å². The highest BCUT2D eigenvalue weighted by atomic mass is 19.1. The van der Waals surface area contributed by atoms with Gasteiger partial charge in [-0.15, -0.1) is 0 Å². The summed E-state index contributed by atoms with van der Waals surface area (Å²) in [5, 5.41) is 21.6. The van der Waals surface area contributed by atoms with Gasteiger partial charge in [0.25, 0.3) is 0 Å². The van der Waals surface area contributed by atoms with Crippen molar-refractivity contribution in [2.45, 2.75) is 31.9 Å². The first-order chi connectivity index (χ1) is 11.0. The molecule has 1 atom stereocenters. The Morgan fingerprint density at radius 3 is 2.26 bits per heavy atom. The van der Waals surface area contributed by atoms with Gasteiger partial charge in [-0.05, 0) is 48.2 Å². The second-order valence-electron chi connectivity index (χ2n) is 5.43. The van der Waals surface area contributed by atoms with E-state index in [2.05, 4.69) is 5.32 Å². The van der Waals surface area contributed by atoms with Crippen LogP contribution in [0.2, 0.25) is 0 Å². The molecule has 2 aromatic carbocycles. The zero-order valence-electron chi connectivity index (χ0n) is 12.7. The number of carboxylic acids is 1. The summed E-state index contributed by atoms with van der Waals surface area (Å²) in [5.41, 5.74) is 2.68. The Bertz CT molecular complexity index is 626. The molecule has 0 aromatic heterocycles. The highest BCUT2D eigenvalue weighted by Gasteiger charge is 2.06. The van der Waals surface area contributed by atoms with E-state index in [-0.39, 0.29) is 12.2 Å². The number of rotatable bonds is 8. The van der Waals surface area contributed by atoms with Gasteiger partial charge in [0, 0.05) is 18.5 Å². The molecule has 0 amide bonds. The first kappa shape index (κ1) is 17.0. The number of nitrogens with one attached hydrogen (secondary N) is 1. The fraction of sp³-hybridized carbons (Fsp3) is 0.278. The van der Waals surface area contributed by atoms with Gasteiger partial charge in [-0.25, -0.2) is 4.39 Å². The molecule has 0 saturated heterocycles. The molecule has 0 bridgehead atoms. The second-order valence-corrected chi connectivity index (χ2v) is 5.43. The van der Waals surface area contributed by atoms with E-state index in [4.69, 9.17) is 5.11 Å². The van der Waals surface area contributed by atoms with E-state index >= 15 is 0 Å². The smallest absolute Gasteiger partial charge is 0.303 e. The number of halogens is 1. The van der Waals surface area contributed by atoms with Gasteiger partial charge in [-0.2, -0.15) is 0 Å². The maximum Gasteiger partial charge on any atom is 0.303 e. The Morgan fingerprint density at radius 2 is 1.65 bits per heavy atom. The summed E-state index contributed by atoms with van der Waals surface area (Å²) in [7, 11) is 0. The molecule has 0 saturated carbocycles. The number of carboxylic acid groups (broad SMARTS) is 1. The van der Waals surface area contributed by atoms with Crippen LogP contribution in [0.25, 0.3) is 0 Å². The van der Waals surface area contributed by atoms with Crippen molar-refractivity contribution in [2.24, 2.45) is 0 Å². The second kappa shape index (κ2) is 8.29. The monoisotopic (exact) mass is 317 g/mol. The SMILES string of the molecule is O=C(O)CCCc1ccc(NC(O)Cc2ccc(F)cc2)cc1. The van der Waals surface area contributed by atoms with Crippen molar-refractivity contribution in [2.75, 3.05) is 5.32 Å². The predicted octanol–water partition coefficient (Wildman–Crippen LogP) is 3.21. The number of benzene rings is 2. The van der Waals surface area contributed by atoms with Gasteiger partial charge in [-0.3, -0.25) is 4.79 Å². The third kappa shape index (κ3) is 6.08. The van der Waals surface area contributed by atoms with Gasteiger partial charge in [0.2, 0.25) is 0 Å². The molecular weight excluding hydrogens is 297 g/mol. The van der Waals surface area contributed by atoms with Crippen molar-refractivity contribution < 1.29 is 19.4 Å². The Labute approximate surface area is 134 Å². The maximum absolute atomic E-state index is 12.8. The van der Waals surface area contributed by atoms with Crippen LogP contribution in [-0.2, 0) is 17.6 Å². The van der Waals surface area contributed by atoms with E-state index in [9.17, 15) is 14.3 Å². The maximum atomic E-state index is 12.8. The molecule has 2 aromatic rings. The number of carbonyl (C=O) groups is 1. The third-order valence-corrected chi connectivity index (χ3v) is 3.49. The number of aliphatic hydroxyl groups excluding tert-OH is 1. The molecule has 2 rings (SSSR count). The van der Waals surface area contributed by atoms with E-state index < -0.39 is 12.2 Å². The van der Waals surface area contributed by atoms with Gasteiger partial charge in [0.05, 0.1) is 0 Å². The summed E-state index contributed by atoms with van der Waals surface area (Å²) in [6.07, 6.45) is 1.09. The van der Waals surface area contributed by atoms with Crippen molar-refractivity contribution in [3.63, 3.8) is 0 Å². The van der Waals surface area contributed by atoms with Crippen molar-refractivity contribution >= 4 is 11.7 Å². The van der Waals surface area contributed by atoms with Crippen molar-refractivity contribution in [1.82, 2.24) is 0 Å². The van der Waals surface area contributed by atoms with Crippen molar-refractivity contribution in [3.05, 3.63) is 65.5 Å². The Hall–Kier alpha value is -2.40. The lowest BCUT2D eigenvalue weighted by atomic mass is 10.1. The molecule has 0 radical (unpaired) electrons. The van der Waals surface area contributed by atoms with Crippen LogP contribution in [0, 0.1) is 5.82 Å². The van der Waals surface area contributed by atoms with Crippen LogP contribution >= 0.6 is 0 Å². The average Bonchev–Trinajstić information content (AvgIpc) is 2.51. The fourth-order valence-corrected chi connectivity index (χ4v) is 2.30.